The third-order valence-electron chi connectivity index (χ3n) is 2.52. The van der Waals surface area contributed by atoms with E-state index in [1.54, 1.807) is 13.2 Å². The first-order valence-electron chi connectivity index (χ1n) is 6.27. The first-order chi connectivity index (χ1) is 8.36. The van der Waals surface area contributed by atoms with Crippen LogP contribution in [0.2, 0.25) is 0 Å². The minimum atomic E-state index is 0.851. The zero-order valence-corrected chi connectivity index (χ0v) is 10.8. The van der Waals surface area contributed by atoms with Gasteiger partial charge in [0.25, 0.3) is 0 Å². The lowest BCUT2D eigenvalue weighted by molar-refractivity contribution is 0.648. The van der Waals surface area contributed by atoms with Gasteiger partial charge < -0.3 is 15.2 Å². The van der Waals surface area contributed by atoms with Crippen molar-refractivity contribution in [3.63, 3.8) is 0 Å². The van der Waals surface area contributed by atoms with E-state index in [-0.39, 0.29) is 0 Å². The lowest BCUT2D eigenvalue weighted by Crippen LogP contribution is -2.39. The van der Waals surface area contributed by atoms with Crippen LogP contribution in [0.5, 0.6) is 0 Å². The number of aliphatic imine (C=N–C) groups is 1. The minimum absolute atomic E-state index is 0.851. The molecule has 17 heavy (non-hydrogen) atoms. The van der Waals surface area contributed by atoms with Crippen LogP contribution in [0, 0.1) is 0 Å². The van der Waals surface area contributed by atoms with E-state index in [1.165, 1.54) is 19.3 Å². The summed E-state index contributed by atoms with van der Waals surface area (Å²) in [6.45, 7) is 4.94. The maximum Gasteiger partial charge on any atom is 0.191 e. The lowest BCUT2D eigenvalue weighted by Gasteiger charge is -2.11. The lowest BCUT2D eigenvalue weighted by atomic mass is 10.2. The van der Waals surface area contributed by atoms with E-state index in [1.807, 2.05) is 17.1 Å². The molecule has 0 saturated heterocycles. The molecule has 0 aliphatic rings. The van der Waals surface area contributed by atoms with Crippen LogP contribution in [0.4, 0.5) is 0 Å². The number of aromatic nitrogens is 2. The average molecular weight is 237 g/mol. The first-order valence-corrected chi connectivity index (χ1v) is 6.27. The number of hydrogen-bond donors (Lipinski definition) is 2. The molecule has 0 saturated carbocycles. The van der Waals surface area contributed by atoms with Crippen LogP contribution in [0.15, 0.2) is 23.7 Å². The van der Waals surface area contributed by atoms with Crippen molar-refractivity contribution in [3.05, 3.63) is 18.7 Å². The van der Waals surface area contributed by atoms with Crippen molar-refractivity contribution in [2.45, 2.75) is 32.7 Å². The van der Waals surface area contributed by atoms with Gasteiger partial charge in [-0.3, -0.25) is 4.99 Å². The molecule has 5 heteroatoms. The highest BCUT2D eigenvalue weighted by molar-refractivity contribution is 5.79. The minimum Gasteiger partial charge on any atom is -0.356 e. The molecule has 0 spiro atoms. The first kappa shape index (κ1) is 13.5. The fourth-order valence-corrected chi connectivity index (χ4v) is 1.52. The number of nitrogens with one attached hydrogen (secondary N) is 2. The van der Waals surface area contributed by atoms with Crippen molar-refractivity contribution in [1.82, 2.24) is 20.2 Å². The smallest absolute Gasteiger partial charge is 0.191 e. The molecule has 1 aromatic rings. The summed E-state index contributed by atoms with van der Waals surface area (Å²) in [6, 6.07) is 0. The molecular weight excluding hydrogens is 214 g/mol. The zero-order chi connectivity index (χ0) is 12.3. The van der Waals surface area contributed by atoms with E-state index < -0.39 is 0 Å². The summed E-state index contributed by atoms with van der Waals surface area (Å²) >= 11 is 0. The maximum absolute atomic E-state index is 4.17. The van der Waals surface area contributed by atoms with Crippen LogP contribution < -0.4 is 10.6 Å². The van der Waals surface area contributed by atoms with Gasteiger partial charge in [0, 0.05) is 39.1 Å². The summed E-state index contributed by atoms with van der Waals surface area (Å²) in [7, 11) is 1.80. The number of unbranched alkanes of at least 4 members (excludes halogenated alkanes) is 2. The Labute approximate surface area is 103 Å². The van der Waals surface area contributed by atoms with Crippen LogP contribution in [0.25, 0.3) is 0 Å². The zero-order valence-electron chi connectivity index (χ0n) is 10.8. The van der Waals surface area contributed by atoms with E-state index in [4.69, 9.17) is 0 Å². The van der Waals surface area contributed by atoms with Crippen molar-refractivity contribution < 1.29 is 0 Å². The van der Waals surface area contributed by atoms with E-state index >= 15 is 0 Å². The molecule has 96 valence electrons. The normalized spacial score (nSPS) is 11.5. The molecule has 0 aromatic carbocycles. The van der Waals surface area contributed by atoms with E-state index in [2.05, 4.69) is 27.5 Å². The Morgan fingerprint density at radius 1 is 1.29 bits per heavy atom. The summed E-state index contributed by atoms with van der Waals surface area (Å²) in [5.41, 5.74) is 0. The van der Waals surface area contributed by atoms with Crippen molar-refractivity contribution in [3.8, 4) is 0 Å². The molecule has 0 aliphatic carbocycles. The molecule has 1 rings (SSSR count). The van der Waals surface area contributed by atoms with E-state index in [9.17, 15) is 0 Å². The topological polar surface area (TPSA) is 54.2 Å². The van der Waals surface area contributed by atoms with Crippen LogP contribution in [-0.4, -0.2) is 35.6 Å². The third kappa shape index (κ3) is 5.94. The number of hydrogen-bond acceptors (Lipinski definition) is 2. The van der Waals surface area contributed by atoms with Gasteiger partial charge in [0.1, 0.15) is 0 Å². The Bertz CT molecular complexity index is 305. The highest BCUT2D eigenvalue weighted by Crippen LogP contribution is 1.90. The molecular formula is C12H23N5. The molecule has 2 N–H and O–H groups in total. The monoisotopic (exact) mass is 237 g/mol. The SMILES string of the molecule is CCCCCNC(=NC)NCCn1ccnc1. The summed E-state index contributed by atoms with van der Waals surface area (Å²) in [4.78, 5) is 8.17. The molecule has 1 aromatic heterocycles. The van der Waals surface area contributed by atoms with Gasteiger partial charge in [0.15, 0.2) is 5.96 Å². The van der Waals surface area contributed by atoms with Gasteiger partial charge >= 0.3 is 0 Å². The second-order valence-corrected chi connectivity index (χ2v) is 3.93. The fourth-order valence-electron chi connectivity index (χ4n) is 1.52. The van der Waals surface area contributed by atoms with Gasteiger partial charge in [-0.15, -0.1) is 0 Å². The summed E-state index contributed by atoms with van der Waals surface area (Å²) < 4.78 is 2.04. The van der Waals surface area contributed by atoms with Gasteiger partial charge in [-0.2, -0.15) is 0 Å². The van der Waals surface area contributed by atoms with Gasteiger partial charge in [0.05, 0.1) is 6.33 Å². The van der Waals surface area contributed by atoms with Crippen LogP contribution in [-0.2, 0) is 6.54 Å². The Morgan fingerprint density at radius 3 is 2.76 bits per heavy atom. The van der Waals surface area contributed by atoms with E-state index in [0.29, 0.717) is 0 Å². The molecule has 0 bridgehead atoms. The van der Waals surface area contributed by atoms with Crippen molar-refractivity contribution in [1.29, 1.82) is 0 Å². The highest BCUT2D eigenvalue weighted by atomic mass is 15.2. The molecule has 0 atom stereocenters. The summed E-state index contributed by atoms with van der Waals surface area (Å²) in [6.07, 6.45) is 9.27. The second kappa shape index (κ2) is 8.61. The van der Waals surface area contributed by atoms with Gasteiger partial charge in [0.2, 0.25) is 0 Å². The average Bonchev–Trinajstić information content (AvgIpc) is 2.85. The Morgan fingerprint density at radius 2 is 2.12 bits per heavy atom. The standard InChI is InChI=1S/C12H23N5/c1-3-4-5-6-15-12(13-2)16-8-10-17-9-7-14-11-17/h7,9,11H,3-6,8,10H2,1-2H3,(H2,13,15,16). The van der Waals surface area contributed by atoms with Crippen molar-refractivity contribution in [2.75, 3.05) is 20.1 Å². The van der Waals surface area contributed by atoms with Gasteiger partial charge in [-0.1, -0.05) is 19.8 Å². The second-order valence-electron chi connectivity index (χ2n) is 3.93. The van der Waals surface area contributed by atoms with Crippen LogP contribution in [0.1, 0.15) is 26.2 Å². The fraction of sp³-hybridized carbons (Fsp3) is 0.667. The molecule has 0 amide bonds. The predicted molar refractivity (Wildman–Crippen MR) is 71.1 cm³/mol. The molecule has 5 nitrogen and oxygen atoms in total. The Balaban J connectivity index is 2.10. The Hall–Kier alpha value is -1.52. The van der Waals surface area contributed by atoms with Crippen LogP contribution >= 0.6 is 0 Å². The summed E-state index contributed by atoms with van der Waals surface area (Å²) in [5.74, 6) is 0.876. The third-order valence-corrected chi connectivity index (χ3v) is 2.52. The summed E-state index contributed by atoms with van der Waals surface area (Å²) in [5, 5.41) is 6.57. The van der Waals surface area contributed by atoms with Crippen molar-refractivity contribution >= 4 is 5.96 Å². The van der Waals surface area contributed by atoms with Crippen molar-refractivity contribution in [2.24, 2.45) is 4.99 Å². The maximum atomic E-state index is 4.17. The number of imidazole rings is 1. The van der Waals surface area contributed by atoms with Gasteiger partial charge in [-0.05, 0) is 6.42 Å². The molecule has 0 fully saturated rings. The predicted octanol–water partition coefficient (Wildman–Crippen LogP) is 1.24. The Kier molecular flexibility index (Phi) is 6.86. The van der Waals surface area contributed by atoms with Crippen LogP contribution in [0.3, 0.4) is 0 Å². The van der Waals surface area contributed by atoms with Gasteiger partial charge in [-0.25, -0.2) is 4.98 Å². The number of rotatable bonds is 7. The number of nitrogens with zero attached hydrogens (tertiary/aromatic N) is 3. The molecule has 0 aliphatic heterocycles. The molecule has 1 heterocycles. The largest absolute Gasteiger partial charge is 0.356 e. The highest BCUT2D eigenvalue weighted by Gasteiger charge is 1.96. The molecule has 0 unspecified atom stereocenters. The quantitative estimate of drug-likeness (QED) is 0.426. The van der Waals surface area contributed by atoms with E-state index in [0.717, 1.165) is 25.6 Å². The number of guanidine groups is 1. The molecule has 0 radical (unpaired) electrons.